The maximum atomic E-state index is 12.1. The van der Waals surface area contributed by atoms with Crippen LogP contribution in [0.2, 0.25) is 0 Å². The molecule has 6 heteroatoms. The van der Waals surface area contributed by atoms with E-state index >= 15 is 0 Å². The van der Waals surface area contributed by atoms with E-state index in [-0.39, 0.29) is 11.9 Å². The van der Waals surface area contributed by atoms with Crippen molar-refractivity contribution in [2.24, 2.45) is 0 Å². The van der Waals surface area contributed by atoms with Gasteiger partial charge in [-0.3, -0.25) is 9.48 Å². The summed E-state index contributed by atoms with van der Waals surface area (Å²) in [5, 5.41) is 6.44. The number of hydrogen-bond donors (Lipinski definition) is 0. The van der Waals surface area contributed by atoms with Crippen molar-refractivity contribution < 1.29 is 4.79 Å². The third-order valence-corrected chi connectivity index (χ3v) is 3.93. The zero-order valence-electron chi connectivity index (χ0n) is 12.6. The smallest absolute Gasteiger partial charge is 0.246 e. The Labute approximate surface area is 129 Å². The Morgan fingerprint density at radius 2 is 2.33 bits per heavy atom. The third kappa shape index (κ3) is 3.78. The molecular formula is C15H20N4OS. The van der Waals surface area contributed by atoms with Crippen molar-refractivity contribution in [3.8, 4) is 0 Å². The summed E-state index contributed by atoms with van der Waals surface area (Å²) in [6.45, 7) is 10.8. The van der Waals surface area contributed by atoms with Crippen molar-refractivity contribution >= 4 is 17.4 Å². The first kappa shape index (κ1) is 15.4. The Balaban J connectivity index is 2.12. The number of nitrogens with zero attached hydrogens (tertiary/aromatic N) is 4. The molecule has 2 aromatic rings. The molecule has 0 bridgehead atoms. The van der Waals surface area contributed by atoms with E-state index in [1.54, 1.807) is 11.1 Å². The molecule has 0 N–H and O–H groups in total. The average molecular weight is 304 g/mol. The Bertz CT molecular complexity index is 618. The van der Waals surface area contributed by atoms with Crippen LogP contribution in [0.4, 0.5) is 0 Å². The monoisotopic (exact) mass is 304 g/mol. The zero-order chi connectivity index (χ0) is 15.4. The van der Waals surface area contributed by atoms with Crippen molar-refractivity contribution in [1.29, 1.82) is 0 Å². The summed E-state index contributed by atoms with van der Waals surface area (Å²) in [5.74, 6) is -0.0745. The van der Waals surface area contributed by atoms with Crippen LogP contribution < -0.4 is 0 Å². The average Bonchev–Trinajstić information content (AvgIpc) is 3.06. The van der Waals surface area contributed by atoms with E-state index in [9.17, 15) is 4.79 Å². The summed E-state index contributed by atoms with van der Waals surface area (Å²) < 4.78 is 6.04. The van der Waals surface area contributed by atoms with E-state index in [0.717, 1.165) is 17.0 Å². The van der Waals surface area contributed by atoms with Gasteiger partial charge in [0, 0.05) is 35.9 Å². The van der Waals surface area contributed by atoms with Gasteiger partial charge in [-0.15, -0.1) is 0 Å². The SMILES string of the molecule is C=CC(=O)N(Cc1cnsc1)CC(C)n1nc(C)cc1C. The van der Waals surface area contributed by atoms with Gasteiger partial charge in [-0.05, 0) is 44.4 Å². The standard InChI is InChI=1S/C15H20N4OS/c1-5-15(20)18(9-14-7-16-21-10-14)8-13(4)19-12(3)6-11(2)17-19/h5-7,10,13H,1,8-9H2,2-4H3. The second-order valence-corrected chi connectivity index (χ2v) is 5.83. The Kier molecular flexibility index (Phi) is 4.90. The second-order valence-electron chi connectivity index (χ2n) is 5.18. The van der Waals surface area contributed by atoms with E-state index in [1.807, 2.05) is 30.0 Å². The Morgan fingerprint density at radius 3 is 2.86 bits per heavy atom. The van der Waals surface area contributed by atoms with E-state index in [0.29, 0.717) is 13.1 Å². The van der Waals surface area contributed by atoms with E-state index in [2.05, 4.69) is 23.0 Å². The van der Waals surface area contributed by atoms with Gasteiger partial charge in [0.25, 0.3) is 0 Å². The number of aromatic nitrogens is 3. The molecule has 2 rings (SSSR count). The van der Waals surface area contributed by atoms with Crippen molar-refractivity contribution in [2.75, 3.05) is 6.54 Å². The number of carbonyl (C=O) groups is 1. The first-order chi connectivity index (χ1) is 10.0. The summed E-state index contributed by atoms with van der Waals surface area (Å²) in [6, 6.07) is 2.15. The lowest BCUT2D eigenvalue weighted by Crippen LogP contribution is -2.34. The molecule has 0 aliphatic heterocycles. The van der Waals surface area contributed by atoms with Crippen molar-refractivity contribution in [2.45, 2.75) is 33.4 Å². The molecule has 112 valence electrons. The highest BCUT2D eigenvalue weighted by molar-refractivity contribution is 7.03. The van der Waals surface area contributed by atoms with E-state index in [1.165, 1.54) is 17.6 Å². The van der Waals surface area contributed by atoms with Gasteiger partial charge in [-0.2, -0.15) is 5.10 Å². The quantitative estimate of drug-likeness (QED) is 0.771. The fraction of sp³-hybridized carbons (Fsp3) is 0.400. The highest BCUT2D eigenvalue weighted by atomic mass is 32.1. The summed E-state index contributed by atoms with van der Waals surface area (Å²) in [4.78, 5) is 13.8. The largest absolute Gasteiger partial charge is 0.333 e. The van der Waals surface area contributed by atoms with Gasteiger partial charge < -0.3 is 4.90 Å². The zero-order valence-corrected chi connectivity index (χ0v) is 13.4. The lowest BCUT2D eigenvalue weighted by Gasteiger charge is -2.25. The van der Waals surface area contributed by atoms with E-state index < -0.39 is 0 Å². The molecule has 0 fully saturated rings. The molecule has 0 aliphatic carbocycles. The summed E-state index contributed by atoms with van der Waals surface area (Å²) in [7, 11) is 0. The van der Waals surface area contributed by atoms with Crippen molar-refractivity contribution in [3.63, 3.8) is 0 Å². The first-order valence-corrected chi connectivity index (χ1v) is 7.67. The maximum absolute atomic E-state index is 12.1. The van der Waals surface area contributed by atoms with Crippen LogP contribution in [0.1, 0.15) is 29.9 Å². The van der Waals surface area contributed by atoms with Gasteiger partial charge in [0.05, 0.1) is 11.7 Å². The molecule has 5 nitrogen and oxygen atoms in total. The summed E-state index contributed by atoms with van der Waals surface area (Å²) in [6.07, 6.45) is 3.15. The fourth-order valence-corrected chi connectivity index (χ4v) is 2.90. The molecule has 1 unspecified atom stereocenters. The van der Waals surface area contributed by atoms with Crippen LogP contribution in [0.5, 0.6) is 0 Å². The molecule has 1 amide bonds. The normalized spacial score (nSPS) is 12.1. The van der Waals surface area contributed by atoms with Gasteiger partial charge in [0.15, 0.2) is 0 Å². The number of amides is 1. The lowest BCUT2D eigenvalue weighted by molar-refractivity contribution is -0.127. The van der Waals surface area contributed by atoms with Gasteiger partial charge in [-0.1, -0.05) is 6.58 Å². The number of carbonyl (C=O) groups excluding carboxylic acids is 1. The predicted molar refractivity (Wildman–Crippen MR) is 84.1 cm³/mol. The van der Waals surface area contributed by atoms with Gasteiger partial charge in [0.2, 0.25) is 5.91 Å². The number of aryl methyl sites for hydroxylation is 2. The highest BCUT2D eigenvalue weighted by Crippen LogP contribution is 2.15. The molecule has 21 heavy (non-hydrogen) atoms. The number of hydrogen-bond acceptors (Lipinski definition) is 4. The molecule has 2 aromatic heterocycles. The molecule has 0 aliphatic rings. The predicted octanol–water partition coefficient (Wildman–Crippen LogP) is 2.73. The molecule has 0 saturated heterocycles. The fourth-order valence-electron chi connectivity index (χ4n) is 2.38. The van der Waals surface area contributed by atoms with Gasteiger partial charge in [-0.25, -0.2) is 4.37 Å². The molecule has 0 spiro atoms. The summed E-state index contributed by atoms with van der Waals surface area (Å²) in [5.41, 5.74) is 3.13. The third-order valence-electron chi connectivity index (χ3n) is 3.29. The molecule has 0 aromatic carbocycles. The van der Waals surface area contributed by atoms with Gasteiger partial charge in [0.1, 0.15) is 0 Å². The van der Waals surface area contributed by atoms with Crippen LogP contribution in [0.3, 0.4) is 0 Å². The first-order valence-electron chi connectivity index (χ1n) is 6.83. The Hall–Kier alpha value is -1.95. The van der Waals surface area contributed by atoms with Crippen molar-refractivity contribution in [3.05, 3.63) is 47.2 Å². The molecule has 0 saturated carbocycles. The molecule has 1 atom stereocenters. The van der Waals surface area contributed by atoms with Crippen molar-refractivity contribution in [1.82, 2.24) is 19.1 Å². The number of rotatable bonds is 6. The topological polar surface area (TPSA) is 51.0 Å². The lowest BCUT2D eigenvalue weighted by atomic mass is 10.2. The van der Waals surface area contributed by atoms with E-state index in [4.69, 9.17) is 0 Å². The molecule has 0 radical (unpaired) electrons. The molecular weight excluding hydrogens is 284 g/mol. The van der Waals surface area contributed by atoms with Crippen LogP contribution in [0.15, 0.2) is 30.3 Å². The minimum atomic E-state index is -0.0745. The van der Waals surface area contributed by atoms with Crippen LogP contribution in [0, 0.1) is 13.8 Å². The van der Waals surface area contributed by atoms with Crippen LogP contribution in [0.25, 0.3) is 0 Å². The van der Waals surface area contributed by atoms with Crippen LogP contribution in [-0.2, 0) is 11.3 Å². The second kappa shape index (κ2) is 6.67. The molecule has 2 heterocycles. The maximum Gasteiger partial charge on any atom is 0.246 e. The van der Waals surface area contributed by atoms with Gasteiger partial charge >= 0.3 is 0 Å². The highest BCUT2D eigenvalue weighted by Gasteiger charge is 2.18. The minimum Gasteiger partial charge on any atom is -0.333 e. The minimum absolute atomic E-state index is 0.0745. The van der Waals surface area contributed by atoms with Crippen LogP contribution in [-0.4, -0.2) is 31.5 Å². The summed E-state index contributed by atoms with van der Waals surface area (Å²) >= 11 is 1.39. The van der Waals surface area contributed by atoms with Crippen LogP contribution >= 0.6 is 11.5 Å². The Morgan fingerprint density at radius 1 is 1.57 bits per heavy atom.